The second-order valence-electron chi connectivity index (χ2n) is 7.66. The Kier molecular flexibility index (Phi) is 6.29. The number of hydrogen-bond acceptors (Lipinski definition) is 6. The van der Waals surface area contributed by atoms with Gasteiger partial charge in [0.15, 0.2) is 0 Å². The normalized spacial score (nSPS) is 19.5. The highest BCUT2D eigenvalue weighted by Gasteiger charge is 2.31. The Morgan fingerprint density at radius 3 is 2.43 bits per heavy atom. The van der Waals surface area contributed by atoms with Gasteiger partial charge in [0.05, 0.1) is 11.4 Å². The number of pyridine rings is 1. The molecule has 0 aliphatic carbocycles. The molecule has 1 aromatic carbocycles. The van der Waals surface area contributed by atoms with Crippen LogP contribution < -0.4 is 26.8 Å². The summed E-state index contributed by atoms with van der Waals surface area (Å²) in [7, 11) is 1.86. The van der Waals surface area contributed by atoms with Crippen LogP contribution in [0.5, 0.6) is 0 Å². The predicted molar refractivity (Wildman–Crippen MR) is 122 cm³/mol. The molecule has 1 saturated heterocycles. The smallest absolute Gasteiger partial charge is 0.220 e. The van der Waals surface area contributed by atoms with E-state index in [1.54, 1.807) is 42.4 Å². The molecule has 5 N–H and O–H groups in total. The summed E-state index contributed by atoms with van der Waals surface area (Å²) in [4.78, 5) is 24.9. The number of amides is 1. The highest BCUT2D eigenvalue weighted by Crippen LogP contribution is 2.24. The number of nitrogens with two attached hydrogens (primary N) is 2. The van der Waals surface area contributed by atoms with Crippen molar-refractivity contribution in [2.24, 2.45) is 10.7 Å². The molecular weight excluding hydrogens is 380 g/mol. The van der Waals surface area contributed by atoms with Gasteiger partial charge in [-0.3, -0.25) is 15.2 Å². The molecule has 9 heteroatoms. The first-order chi connectivity index (χ1) is 14.2. The van der Waals surface area contributed by atoms with E-state index in [0.717, 1.165) is 24.6 Å². The molecule has 9 nitrogen and oxygen atoms in total. The van der Waals surface area contributed by atoms with E-state index in [1.165, 1.54) is 0 Å². The first-order valence-corrected chi connectivity index (χ1v) is 9.94. The first kappa shape index (κ1) is 21.2. The number of anilines is 3. The van der Waals surface area contributed by atoms with Crippen LogP contribution >= 0.6 is 0 Å². The van der Waals surface area contributed by atoms with Gasteiger partial charge >= 0.3 is 0 Å². The Hall–Kier alpha value is -3.49. The van der Waals surface area contributed by atoms with E-state index < -0.39 is 0 Å². The standard InChI is InChI=1S/C21H30N8O/c1-14-12-28(13-15(2)29(14)16(3)30)20-11-19(9-10-24-20)27(4)26-21(23)25-18-7-5-17(22)6-8-18/h5-11,14-15H,12-13,22H2,1-4H3,(H3,23,25,26). The van der Waals surface area contributed by atoms with E-state index in [0.29, 0.717) is 11.4 Å². The lowest BCUT2D eigenvalue weighted by Crippen LogP contribution is -2.58. The van der Waals surface area contributed by atoms with E-state index >= 15 is 0 Å². The summed E-state index contributed by atoms with van der Waals surface area (Å²) < 4.78 is 0. The SMILES string of the molecule is CC(=O)N1C(C)CN(c2cc(N(C)NC(N)=Nc3ccc(N)cc3)ccn2)CC1C. The second kappa shape index (κ2) is 8.89. The number of carbonyl (C=O) groups excluding carboxylic acids is 1. The third-order valence-corrected chi connectivity index (χ3v) is 5.15. The number of carbonyl (C=O) groups is 1. The molecule has 160 valence electrons. The van der Waals surface area contributed by atoms with Crippen LogP contribution in [0, 0.1) is 0 Å². The van der Waals surface area contributed by atoms with Crippen LogP contribution in [0.25, 0.3) is 0 Å². The summed E-state index contributed by atoms with van der Waals surface area (Å²) in [6.45, 7) is 7.22. The Morgan fingerprint density at radius 2 is 1.83 bits per heavy atom. The topological polar surface area (TPSA) is 116 Å². The van der Waals surface area contributed by atoms with E-state index in [2.05, 4.69) is 34.1 Å². The molecule has 2 unspecified atom stereocenters. The lowest BCUT2D eigenvalue weighted by atomic mass is 10.1. The molecule has 0 radical (unpaired) electrons. The van der Waals surface area contributed by atoms with E-state index in [-0.39, 0.29) is 24.0 Å². The van der Waals surface area contributed by atoms with Gasteiger partial charge in [-0.05, 0) is 44.2 Å². The quantitative estimate of drug-likeness (QED) is 0.304. The van der Waals surface area contributed by atoms with Crippen molar-refractivity contribution in [3.05, 3.63) is 42.6 Å². The maximum Gasteiger partial charge on any atom is 0.220 e. The molecule has 2 atom stereocenters. The number of nitrogen functional groups attached to an aromatic ring is 1. The fraction of sp³-hybridized carbons (Fsp3) is 0.381. The molecule has 1 aliphatic heterocycles. The van der Waals surface area contributed by atoms with Crippen LogP contribution in [0.1, 0.15) is 20.8 Å². The Balaban J connectivity index is 1.70. The molecule has 1 amide bonds. The van der Waals surface area contributed by atoms with Crippen molar-refractivity contribution in [1.82, 2.24) is 15.3 Å². The van der Waals surface area contributed by atoms with Gasteiger partial charge in [-0.25, -0.2) is 9.98 Å². The Bertz CT molecular complexity index is 901. The number of benzene rings is 1. The lowest BCUT2D eigenvalue weighted by molar-refractivity contribution is -0.133. The molecule has 1 fully saturated rings. The summed E-state index contributed by atoms with van der Waals surface area (Å²) in [5, 5.41) is 1.79. The number of rotatable bonds is 4. The molecule has 30 heavy (non-hydrogen) atoms. The predicted octanol–water partition coefficient (Wildman–Crippen LogP) is 1.70. The number of aliphatic imine (C=N–C) groups is 1. The monoisotopic (exact) mass is 410 g/mol. The largest absolute Gasteiger partial charge is 0.399 e. The lowest BCUT2D eigenvalue weighted by Gasteiger charge is -2.44. The third kappa shape index (κ3) is 4.91. The minimum atomic E-state index is 0.108. The van der Waals surface area contributed by atoms with Gasteiger partial charge in [0.2, 0.25) is 11.9 Å². The van der Waals surface area contributed by atoms with Crippen LogP contribution in [0.4, 0.5) is 22.9 Å². The highest BCUT2D eigenvalue weighted by molar-refractivity contribution is 5.82. The molecule has 3 rings (SSSR count). The van der Waals surface area contributed by atoms with Gasteiger partial charge in [0.1, 0.15) is 5.82 Å². The molecule has 0 bridgehead atoms. The highest BCUT2D eigenvalue weighted by atomic mass is 16.2. The number of nitrogens with zero attached hydrogens (tertiary/aromatic N) is 5. The van der Waals surface area contributed by atoms with Gasteiger partial charge in [0, 0.05) is 57.1 Å². The molecule has 2 heterocycles. The molecule has 1 aromatic heterocycles. The van der Waals surface area contributed by atoms with Gasteiger partial charge in [0.25, 0.3) is 0 Å². The van der Waals surface area contributed by atoms with Crippen molar-refractivity contribution < 1.29 is 4.79 Å². The van der Waals surface area contributed by atoms with E-state index in [4.69, 9.17) is 11.5 Å². The minimum absolute atomic E-state index is 0.108. The average Bonchev–Trinajstić information content (AvgIpc) is 2.69. The Labute approximate surface area is 177 Å². The zero-order valence-corrected chi connectivity index (χ0v) is 17.9. The summed E-state index contributed by atoms with van der Waals surface area (Å²) in [5.74, 6) is 1.23. The minimum Gasteiger partial charge on any atom is -0.399 e. The van der Waals surface area contributed by atoms with Crippen molar-refractivity contribution >= 4 is 34.7 Å². The van der Waals surface area contributed by atoms with Crippen LogP contribution in [0.3, 0.4) is 0 Å². The van der Waals surface area contributed by atoms with E-state index in [1.807, 2.05) is 24.1 Å². The number of guanidine groups is 1. The number of hydrogen-bond donors (Lipinski definition) is 3. The van der Waals surface area contributed by atoms with Gasteiger partial charge in [-0.1, -0.05) is 0 Å². The molecule has 2 aromatic rings. The van der Waals surface area contributed by atoms with E-state index in [9.17, 15) is 4.79 Å². The van der Waals surface area contributed by atoms with Crippen LogP contribution in [0.15, 0.2) is 47.6 Å². The van der Waals surface area contributed by atoms with Crippen molar-refractivity contribution in [3.63, 3.8) is 0 Å². The van der Waals surface area contributed by atoms with Gasteiger partial charge in [-0.2, -0.15) is 0 Å². The summed E-state index contributed by atoms with van der Waals surface area (Å²) in [6, 6.07) is 11.3. The number of piperazine rings is 1. The summed E-state index contributed by atoms with van der Waals surface area (Å²) in [6.07, 6.45) is 1.77. The molecule has 1 aliphatic rings. The van der Waals surface area contributed by atoms with Crippen molar-refractivity contribution in [3.8, 4) is 0 Å². The maximum atomic E-state index is 11.9. The van der Waals surface area contributed by atoms with Crippen LogP contribution in [-0.2, 0) is 4.79 Å². The summed E-state index contributed by atoms with van der Waals surface area (Å²) in [5.41, 5.74) is 17.1. The van der Waals surface area contributed by atoms with Crippen LogP contribution in [0.2, 0.25) is 0 Å². The van der Waals surface area contributed by atoms with Crippen molar-refractivity contribution in [2.75, 3.05) is 35.8 Å². The van der Waals surface area contributed by atoms with Crippen molar-refractivity contribution in [2.45, 2.75) is 32.9 Å². The Morgan fingerprint density at radius 1 is 1.20 bits per heavy atom. The average molecular weight is 411 g/mol. The molecule has 0 spiro atoms. The maximum absolute atomic E-state index is 11.9. The number of aromatic nitrogens is 1. The van der Waals surface area contributed by atoms with Crippen LogP contribution in [-0.4, -0.2) is 54.0 Å². The third-order valence-electron chi connectivity index (χ3n) is 5.15. The number of nitrogens with one attached hydrogen (secondary N) is 1. The summed E-state index contributed by atoms with van der Waals surface area (Å²) >= 11 is 0. The van der Waals surface area contributed by atoms with Gasteiger partial charge in [-0.15, -0.1) is 0 Å². The molecular formula is C21H30N8O. The molecule has 0 saturated carbocycles. The first-order valence-electron chi connectivity index (χ1n) is 9.94. The fourth-order valence-electron chi connectivity index (χ4n) is 3.87. The van der Waals surface area contributed by atoms with Crippen molar-refractivity contribution in [1.29, 1.82) is 0 Å². The second-order valence-corrected chi connectivity index (χ2v) is 7.66. The number of hydrazine groups is 1. The van der Waals surface area contributed by atoms with Gasteiger partial charge < -0.3 is 21.3 Å². The zero-order chi connectivity index (χ0) is 21.8. The zero-order valence-electron chi connectivity index (χ0n) is 17.9. The fourth-order valence-corrected chi connectivity index (χ4v) is 3.87.